The highest BCUT2D eigenvalue weighted by Gasteiger charge is 2.29. The van der Waals surface area contributed by atoms with Gasteiger partial charge in [0.1, 0.15) is 0 Å². The molecule has 5 heteroatoms. The van der Waals surface area contributed by atoms with E-state index in [2.05, 4.69) is 5.18 Å². The number of benzene rings is 3. The number of nitroso groups, excluding NO2 is 1. The molecular weight excluding hydrogens is 352 g/mol. The minimum atomic E-state index is -0.713. The van der Waals surface area contributed by atoms with Gasteiger partial charge in [-0.05, 0) is 47.4 Å². The first kappa shape index (κ1) is 17.8. The van der Waals surface area contributed by atoms with Gasteiger partial charge in [0, 0.05) is 16.4 Å². The Morgan fingerprint density at radius 1 is 0.964 bits per heavy atom. The molecule has 1 aliphatic heterocycles. The number of rotatable bonds is 4. The Morgan fingerprint density at radius 3 is 2.39 bits per heavy atom. The van der Waals surface area contributed by atoms with Gasteiger partial charge in [-0.15, -0.1) is 4.91 Å². The summed E-state index contributed by atoms with van der Waals surface area (Å²) in [5.41, 5.74) is 4.89. The fourth-order valence-electron chi connectivity index (χ4n) is 3.63. The largest absolute Gasteiger partial charge is 0.304 e. The van der Waals surface area contributed by atoms with Crippen molar-refractivity contribution >= 4 is 17.5 Å². The van der Waals surface area contributed by atoms with E-state index >= 15 is 0 Å². The van der Waals surface area contributed by atoms with Crippen LogP contribution in [0.4, 0.5) is 5.69 Å². The fraction of sp³-hybridized carbons (Fsp3) is 0.130. The molecule has 0 saturated carbocycles. The molecule has 5 nitrogen and oxygen atoms in total. The number of anilines is 1. The number of amides is 2. The minimum absolute atomic E-state index is 0.0407. The second kappa shape index (κ2) is 7.19. The normalized spacial score (nSPS) is 13.9. The Hall–Kier alpha value is -3.60. The van der Waals surface area contributed by atoms with Gasteiger partial charge >= 0.3 is 0 Å². The third-order valence-corrected chi connectivity index (χ3v) is 5.18. The summed E-state index contributed by atoms with van der Waals surface area (Å²) in [7, 11) is 0. The van der Waals surface area contributed by atoms with E-state index in [1.165, 1.54) is 0 Å². The summed E-state index contributed by atoms with van der Waals surface area (Å²) in [4.78, 5) is 37.2. The van der Waals surface area contributed by atoms with E-state index in [4.69, 9.17) is 0 Å². The minimum Gasteiger partial charge on any atom is -0.304 e. The van der Waals surface area contributed by atoms with Crippen molar-refractivity contribution in [2.45, 2.75) is 19.4 Å². The number of hydrogen-bond donors (Lipinski definition) is 0. The molecule has 2 amide bonds. The van der Waals surface area contributed by atoms with Gasteiger partial charge in [0.25, 0.3) is 11.8 Å². The number of carbonyl (C=O) groups excluding carboxylic acids is 2. The van der Waals surface area contributed by atoms with Crippen molar-refractivity contribution in [2.24, 2.45) is 5.18 Å². The van der Waals surface area contributed by atoms with Crippen LogP contribution in [0.15, 0.2) is 78.0 Å². The first-order valence-corrected chi connectivity index (χ1v) is 9.06. The van der Waals surface area contributed by atoms with Crippen LogP contribution >= 0.6 is 0 Å². The number of fused-ring (bicyclic) bond motifs is 1. The first-order valence-electron chi connectivity index (χ1n) is 9.06. The maximum atomic E-state index is 12.8. The van der Waals surface area contributed by atoms with E-state index in [1.807, 2.05) is 72.8 Å². The predicted octanol–water partition coefficient (Wildman–Crippen LogP) is 4.91. The lowest BCUT2D eigenvalue weighted by molar-refractivity contribution is -0.119. The zero-order valence-electron chi connectivity index (χ0n) is 15.3. The molecule has 0 spiro atoms. The first-order chi connectivity index (χ1) is 13.6. The van der Waals surface area contributed by atoms with Gasteiger partial charge in [0.2, 0.25) is 0 Å². The molecule has 0 radical (unpaired) electrons. The molecular formula is C23H18N2O3. The van der Waals surface area contributed by atoms with Crippen molar-refractivity contribution in [3.05, 3.63) is 94.4 Å². The summed E-state index contributed by atoms with van der Waals surface area (Å²) in [6.45, 7) is 2.18. The lowest BCUT2D eigenvalue weighted by Gasteiger charge is -2.20. The molecule has 1 atom stereocenters. The van der Waals surface area contributed by atoms with E-state index in [1.54, 1.807) is 11.8 Å². The van der Waals surface area contributed by atoms with Crippen molar-refractivity contribution in [3.8, 4) is 11.1 Å². The van der Waals surface area contributed by atoms with Gasteiger partial charge in [-0.3, -0.25) is 9.59 Å². The molecule has 3 aromatic rings. The Kier molecular flexibility index (Phi) is 4.57. The summed E-state index contributed by atoms with van der Waals surface area (Å²) in [6, 6.07) is 22.7. The number of nitrogens with zero attached hydrogens (tertiary/aromatic N) is 2. The van der Waals surface area contributed by atoms with Crippen LogP contribution in [-0.4, -0.2) is 11.8 Å². The molecule has 1 unspecified atom stereocenters. The van der Waals surface area contributed by atoms with Crippen LogP contribution in [0.2, 0.25) is 0 Å². The zero-order chi connectivity index (χ0) is 19.7. The summed E-state index contributed by atoms with van der Waals surface area (Å²) >= 11 is 0. The molecule has 138 valence electrons. The second-order valence-corrected chi connectivity index (χ2v) is 6.84. The van der Waals surface area contributed by atoms with E-state index in [-0.39, 0.29) is 5.91 Å². The zero-order valence-corrected chi connectivity index (χ0v) is 15.3. The molecule has 0 fully saturated rings. The molecule has 0 bridgehead atoms. The summed E-state index contributed by atoms with van der Waals surface area (Å²) in [6.07, 6.45) is 0. The van der Waals surface area contributed by atoms with Crippen LogP contribution in [0.1, 0.15) is 34.3 Å². The standard InChI is InChI=1S/C23H18N2O3/c1-15(22(26)24-28)19-12-11-18(13-21(19)16-7-3-2-4-8-16)25-14-17-9-5-6-10-20(17)23(25)27/h2-13,15H,14H2,1H3. The third kappa shape index (κ3) is 3.01. The fourth-order valence-corrected chi connectivity index (χ4v) is 3.63. The van der Waals surface area contributed by atoms with Gasteiger partial charge in [0.05, 0.1) is 12.5 Å². The van der Waals surface area contributed by atoms with Crippen LogP contribution in [0.3, 0.4) is 0 Å². The summed E-state index contributed by atoms with van der Waals surface area (Å²) in [5, 5.41) is 2.59. The van der Waals surface area contributed by atoms with Crippen LogP contribution in [0.5, 0.6) is 0 Å². The average molecular weight is 370 g/mol. The van der Waals surface area contributed by atoms with Gasteiger partial charge in [-0.1, -0.05) is 54.6 Å². The third-order valence-electron chi connectivity index (χ3n) is 5.18. The van der Waals surface area contributed by atoms with Crippen molar-refractivity contribution < 1.29 is 9.59 Å². The average Bonchev–Trinajstić information content (AvgIpc) is 3.09. The van der Waals surface area contributed by atoms with E-state index in [9.17, 15) is 14.5 Å². The Balaban J connectivity index is 1.80. The molecule has 1 aliphatic rings. The molecule has 3 aromatic carbocycles. The Bertz CT molecular complexity index is 1080. The topological polar surface area (TPSA) is 66.8 Å². The smallest absolute Gasteiger partial charge is 0.293 e. The van der Waals surface area contributed by atoms with Crippen molar-refractivity contribution in [1.82, 2.24) is 0 Å². The maximum absolute atomic E-state index is 12.8. The highest BCUT2D eigenvalue weighted by atomic mass is 16.3. The molecule has 4 rings (SSSR count). The molecule has 0 N–H and O–H groups in total. The van der Waals surface area contributed by atoms with E-state index < -0.39 is 11.8 Å². The second-order valence-electron chi connectivity index (χ2n) is 6.84. The van der Waals surface area contributed by atoms with Crippen LogP contribution in [0, 0.1) is 4.91 Å². The predicted molar refractivity (Wildman–Crippen MR) is 108 cm³/mol. The SMILES string of the molecule is CC(C(=O)N=O)c1ccc(N2Cc3ccccc3C2=O)cc1-c1ccccc1. The quantitative estimate of drug-likeness (QED) is 0.613. The van der Waals surface area contributed by atoms with E-state index in [0.717, 1.165) is 22.4 Å². The van der Waals surface area contributed by atoms with Crippen LogP contribution in [0.25, 0.3) is 11.1 Å². The lowest BCUT2D eigenvalue weighted by atomic mass is 9.90. The Morgan fingerprint density at radius 2 is 1.68 bits per heavy atom. The van der Waals surface area contributed by atoms with Crippen molar-refractivity contribution in [3.63, 3.8) is 0 Å². The van der Waals surface area contributed by atoms with Crippen molar-refractivity contribution in [2.75, 3.05) is 4.90 Å². The van der Waals surface area contributed by atoms with E-state index in [0.29, 0.717) is 17.7 Å². The van der Waals surface area contributed by atoms with Crippen LogP contribution < -0.4 is 4.90 Å². The van der Waals surface area contributed by atoms with Crippen LogP contribution in [-0.2, 0) is 11.3 Å². The lowest BCUT2D eigenvalue weighted by Crippen LogP contribution is -2.23. The molecule has 0 saturated heterocycles. The molecule has 0 aliphatic carbocycles. The van der Waals surface area contributed by atoms with Gasteiger partial charge in [-0.25, -0.2) is 0 Å². The highest BCUT2D eigenvalue weighted by Crippen LogP contribution is 2.36. The number of hydrogen-bond acceptors (Lipinski definition) is 3. The maximum Gasteiger partial charge on any atom is 0.293 e. The molecule has 28 heavy (non-hydrogen) atoms. The molecule has 1 heterocycles. The number of carbonyl (C=O) groups is 2. The van der Waals surface area contributed by atoms with Gasteiger partial charge < -0.3 is 4.90 Å². The van der Waals surface area contributed by atoms with Crippen molar-refractivity contribution in [1.29, 1.82) is 0 Å². The monoisotopic (exact) mass is 370 g/mol. The van der Waals surface area contributed by atoms with Gasteiger partial charge in [-0.2, -0.15) is 0 Å². The Labute approximate surface area is 162 Å². The highest BCUT2D eigenvalue weighted by molar-refractivity contribution is 6.10. The summed E-state index contributed by atoms with van der Waals surface area (Å²) in [5.74, 6) is -1.41. The molecule has 0 aromatic heterocycles. The van der Waals surface area contributed by atoms with Gasteiger partial charge in [0.15, 0.2) is 0 Å². The summed E-state index contributed by atoms with van der Waals surface area (Å²) < 4.78 is 0.